The summed E-state index contributed by atoms with van der Waals surface area (Å²) < 4.78 is 38.0. The van der Waals surface area contributed by atoms with E-state index in [2.05, 4.69) is 0 Å². The van der Waals surface area contributed by atoms with E-state index >= 15 is 0 Å². The van der Waals surface area contributed by atoms with Crippen molar-refractivity contribution in [1.29, 1.82) is 0 Å². The molecular weight excluding hydrogens is 370 g/mol. The summed E-state index contributed by atoms with van der Waals surface area (Å²) in [7, 11) is -0.728. The molecule has 1 unspecified atom stereocenters. The molecule has 1 N–H and O–H groups in total. The van der Waals surface area contributed by atoms with Crippen LogP contribution < -0.4 is 13.8 Å². The van der Waals surface area contributed by atoms with Gasteiger partial charge in [0.05, 0.1) is 24.8 Å². The minimum absolute atomic E-state index is 0.0300. The molecule has 0 bridgehead atoms. The molecule has 0 amide bonds. The average molecular weight is 391 g/mol. The van der Waals surface area contributed by atoms with Crippen LogP contribution in [0, 0.1) is 0 Å². The van der Waals surface area contributed by atoms with Gasteiger partial charge in [0.15, 0.2) is 0 Å². The highest BCUT2D eigenvalue weighted by Crippen LogP contribution is 2.43. The highest BCUT2D eigenvalue weighted by Gasteiger charge is 2.37. The zero-order valence-corrected chi connectivity index (χ0v) is 15.9. The van der Waals surface area contributed by atoms with Crippen molar-refractivity contribution < 1.29 is 27.8 Å². The Bertz CT molecular complexity index is 939. The molecule has 27 heavy (non-hydrogen) atoms. The molecule has 3 rings (SSSR count). The summed E-state index contributed by atoms with van der Waals surface area (Å²) in [6.45, 7) is 0.199. The summed E-state index contributed by atoms with van der Waals surface area (Å²) in [4.78, 5) is 11.1. The molecule has 7 nitrogen and oxygen atoms in total. The van der Waals surface area contributed by atoms with Gasteiger partial charge in [-0.1, -0.05) is 0 Å². The van der Waals surface area contributed by atoms with E-state index in [1.807, 2.05) is 0 Å². The van der Waals surface area contributed by atoms with Crippen LogP contribution in [-0.2, 0) is 14.8 Å². The average Bonchev–Trinajstić information content (AvgIpc) is 3.05. The number of hydrogen-bond donors (Lipinski definition) is 1. The van der Waals surface area contributed by atoms with E-state index in [1.165, 1.54) is 30.7 Å². The van der Waals surface area contributed by atoms with E-state index < -0.39 is 16.0 Å². The fourth-order valence-electron chi connectivity index (χ4n) is 3.26. The van der Waals surface area contributed by atoms with Gasteiger partial charge in [-0.2, -0.15) is 0 Å². The summed E-state index contributed by atoms with van der Waals surface area (Å²) in [5.41, 5.74) is 1.34. The van der Waals surface area contributed by atoms with Crippen molar-refractivity contribution in [2.45, 2.75) is 23.7 Å². The predicted octanol–water partition coefficient (Wildman–Crippen LogP) is 2.86. The number of anilines is 1. The van der Waals surface area contributed by atoms with Gasteiger partial charge in [0.25, 0.3) is 10.0 Å². The van der Waals surface area contributed by atoms with Crippen LogP contribution >= 0.6 is 0 Å². The van der Waals surface area contributed by atoms with Crippen molar-refractivity contribution in [3.05, 3.63) is 48.0 Å². The van der Waals surface area contributed by atoms with Crippen molar-refractivity contribution in [2.24, 2.45) is 0 Å². The van der Waals surface area contributed by atoms with Crippen LogP contribution in [-0.4, -0.2) is 40.3 Å². The van der Waals surface area contributed by atoms with Gasteiger partial charge >= 0.3 is 5.97 Å². The molecule has 144 valence electrons. The second-order valence-corrected chi connectivity index (χ2v) is 8.13. The van der Waals surface area contributed by atoms with Gasteiger partial charge in [0.1, 0.15) is 11.5 Å². The normalized spacial score (nSPS) is 16.1. The molecule has 2 aromatic carbocycles. The lowest BCUT2D eigenvalue weighted by Gasteiger charge is -2.20. The maximum absolute atomic E-state index is 13.2. The quantitative estimate of drug-likeness (QED) is 0.780. The molecule has 0 saturated heterocycles. The largest absolute Gasteiger partial charge is 0.497 e. The number of carboxylic acid groups (broad SMARTS) is 1. The number of carboxylic acids is 1. The predicted molar refractivity (Wildman–Crippen MR) is 100 cm³/mol. The molecule has 1 heterocycles. The molecule has 0 aliphatic carbocycles. The van der Waals surface area contributed by atoms with Crippen LogP contribution in [0.25, 0.3) is 0 Å². The number of hydrogen-bond acceptors (Lipinski definition) is 5. The van der Waals surface area contributed by atoms with Gasteiger partial charge in [0, 0.05) is 18.9 Å². The van der Waals surface area contributed by atoms with Gasteiger partial charge < -0.3 is 14.6 Å². The van der Waals surface area contributed by atoms with Crippen molar-refractivity contribution >= 4 is 21.7 Å². The molecule has 2 aromatic rings. The number of benzene rings is 2. The van der Waals surface area contributed by atoms with E-state index in [4.69, 9.17) is 14.6 Å². The maximum atomic E-state index is 13.2. The van der Waals surface area contributed by atoms with E-state index in [9.17, 15) is 13.2 Å². The molecule has 0 saturated carbocycles. The molecule has 1 aliphatic heterocycles. The maximum Gasteiger partial charge on any atom is 0.303 e. The van der Waals surface area contributed by atoms with E-state index in [1.54, 1.807) is 30.3 Å². The number of ether oxygens (including phenoxy) is 2. The Morgan fingerprint density at radius 1 is 1.11 bits per heavy atom. The standard InChI is InChI=1S/C19H21NO6S/c1-25-14-4-7-16(8-5-14)27(23,24)20-12-13(3-10-19(21)22)17-11-15(26-2)6-9-18(17)20/h4-9,11,13H,3,10,12H2,1-2H3,(H,21,22). The first-order valence-corrected chi connectivity index (χ1v) is 9.87. The molecule has 1 atom stereocenters. The monoisotopic (exact) mass is 391 g/mol. The minimum Gasteiger partial charge on any atom is -0.497 e. The highest BCUT2D eigenvalue weighted by atomic mass is 32.2. The van der Waals surface area contributed by atoms with Gasteiger partial charge in [-0.3, -0.25) is 9.10 Å². The summed E-state index contributed by atoms with van der Waals surface area (Å²) in [5, 5.41) is 9.01. The third kappa shape index (κ3) is 3.71. The number of fused-ring (bicyclic) bond motifs is 1. The molecule has 0 fully saturated rings. The van der Waals surface area contributed by atoms with Crippen LogP contribution in [0.2, 0.25) is 0 Å². The first kappa shape index (κ1) is 19.0. The Balaban J connectivity index is 1.99. The van der Waals surface area contributed by atoms with Gasteiger partial charge in [-0.05, 0) is 54.4 Å². The molecule has 0 aromatic heterocycles. The topological polar surface area (TPSA) is 93.1 Å². The lowest BCUT2D eigenvalue weighted by Crippen LogP contribution is -2.30. The Morgan fingerprint density at radius 2 is 1.74 bits per heavy atom. The van der Waals surface area contributed by atoms with E-state index in [0.29, 0.717) is 23.6 Å². The Kier molecular flexibility index (Phi) is 5.27. The van der Waals surface area contributed by atoms with Crippen LogP contribution in [0.4, 0.5) is 5.69 Å². The number of aliphatic carboxylic acids is 1. The third-order valence-electron chi connectivity index (χ3n) is 4.68. The molecule has 8 heteroatoms. The zero-order chi connectivity index (χ0) is 19.6. The summed E-state index contributed by atoms with van der Waals surface area (Å²) >= 11 is 0. The van der Waals surface area contributed by atoms with Crippen LogP contribution in [0.15, 0.2) is 47.4 Å². The summed E-state index contributed by atoms with van der Waals surface area (Å²) in [6.07, 6.45) is 0.321. The van der Waals surface area contributed by atoms with Gasteiger partial charge in [-0.15, -0.1) is 0 Å². The smallest absolute Gasteiger partial charge is 0.303 e. The number of nitrogens with zero attached hydrogens (tertiary/aromatic N) is 1. The third-order valence-corrected chi connectivity index (χ3v) is 6.48. The van der Waals surface area contributed by atoms with Crippen molar-refractivity contribution in [1.82, 2.24) is 0 Å². The number of sulfonamides is 1. The zero-order valence-electron chi connectivity index (χ0n) is 15.1. The summed E-state index contributed by atoms with van der Waals surface area (Å²) in [6, 6.07) is 11.4. The lowest BCUT2D eigenvalue weighted by molar-refractivity contribution is -0.137. The number of carbonyl (C=O) groups is 1. The lowest BCUT2D eigenvalue weighted by atomic mass is 9.96. The second kappa shape index (κ2) is 7.48. The van der Waals surface area contributed by atoms with Gasteiger partial charge in [-0.25, -0.2) is 8.42 Å². The fourth-order valence-corrected chi connectivity index (χ4v) is 4.79. The highest BCUT2D eigenvalue weighted by molar-refractivity contribution is 7.92. The molecule has 1 aliphatic rings. The van der Waals surface area contributed by atoms with Crippen molar-refractivity contribution in [3.63, 3.8) is 0 Å². The van der Waals surface area contributed by atoms with Crippen LogP contribution in [0.3, 0.4) is 0 Å². The Hall–Kier alpha value is -2.74. The van der Waals surface area contributed by atoms with Gasteiger partial charge in [0.2, 0.25) is 0 Å². The first-order valence-electron chi connectivity index (χ1n) is 8.43. The molecular formula is C19H21NO6S. The van der Waals surface area contributed by atoms with Crippen LogP contribution in [0.1, 0.15) is 24.3 Å². The number of rotatable bonds is 7. The molecule has 0 spiro atoms. The minimum atomic E-state index is -3.78. The van der Waals surface area contributed by atoms with E-state index in [0.717, 1.165) is 5.56 Å². The van der Waals surface area contributed by atoms with Crippen LogP contribution in [0.5, 0.6) is 11.5 Å². The van der Waals surface area contributed by atoms with E-state index in [-0.39, 0.29) is 23.8 Å². The Morgan fingerprint density at radius 3 is 2.33 bits per heavy atom. The number of methoxy groups -OCH3 is 2. The SMILES string of the molecule is COc1ccc(S(=O)(=O)N2CC(CCC(=O)O)c3cc(OC)ccc32)cc1. The molecule has 0 radical (unpaired) electrons. The first-order chi connectivity index (χ1) is 12.9. The van der Waals surface area contributed by atoms with Crippen molar-refractivity contribution in [2.75, 3.05) is 25.1 Å². The van der Waals surface area contributed by atoms with Crippen molar-refractivity contribution in [3.8, 4) is 11.5 Å². The fraction of sp³-hybridized carbons (Fsp3) is 0.316. The second-order valence-electron chi connectivity index (χ2n) is 6.27. The summed E-state index contributed by atoms with van der Waals surface area (Å²) in [5.74, 6) is 0.0627. The Labute approximate surface area is 158 Å².